The van der Waals surface area contributed by atoms with E-state index in [1.807, 2.05) is 0 Å². The van der Waals surface area contributed by atoms with Crippen LogP contribution in [-0.4, -0.2) is 0 Å². The van der Waals surface area contributed by atoms with Crippen LogP contribution >= 0.6 is 0 Å². The van der Waals surface area contributed by atoms with Crippen molar-refractivity contribution in [1.82, 2.24) is 0 Å². The van der Waals surface area contributed by atoms with E-state index in [1.165, 1.54) is 44.9 Å². The maximum Gasteiger partial charge on any atom is -0.0386 e. The van der Waals surface area contributed by atoms with Crippen LogP contribution in [0.4, 0.5) is 0 Å². The molecule has 0 saturated heterocycles. The van der Waals surface area contributed by atoms with E-state index >= 15 is 0 Å². The van der Waals surface area contributed by atoms with Gasteiger partial charge in [-0.3, -0.25) is 0 Å². The lowest BCUT2D eigenvalue weighted by atomic mass is 9.72. The zero-order chi connectivity index (χ0) is 8.10. The number of rotatable bonds is 5. The van der Waals surface area contributed by atoms with E-state index in [0.29, 0.717) is 0 Å². The van der Waals surface area contributed by atoms with Crippen LogP contribution in [-0.2, 0) is 0 Å². The summed E-state index contributed by atoms with van der Waals surface area (Å²) in [7, 11) is 0. The lowest BCUT2D eigenvalue weighted by Crippen LogP contribution is -2.21. The Morgan fingerprint density at radius 2 is 1.64 bits per heavy atom. The van der Waals surface area contributed by atoms with Crippen molar-refractivity contribution in [3.63, 3.8) is 0 Å². The van der Waals surface area contributed by atoms with Crippen molar-refractivity contribution >= 4 is 0 Å². The Hall–Kier alpha value is 0. The van der Waals surface area contributed by atoms with Crippen molar-refractivity contribution in [2.75, 3.05) is 0 Å². The normalized spacial score (nSPS) is 18.8. The summed E-state index contributed by atoms with van der Waals surface area (Å²) < 4.78 is 0. The van der Waals surface area contributed by atoms with Gasteiger partial charge >= 0.3 is 0 Å². The molecule has 1 aliphatic carbocycles. The van der Waals surface area contributed by atoms with Crippen LogP contribution in [0, 0.1) is 11.8 Å². The Kier molecular flexibility index (Phi) is 3.96. The Bertz CT molecular complexity index is 86.2. The van der Waals surface area contributed by atoms with E-state index in [1.54, 1.807) is 0 Å². The standard InChI is InChI=1S/C11H22/c1-3-6-10(7-4-2)11-8-5-9-11/h10-11H,3-9H2,1-2H3. The van der Waals surface area contributed by atoms with Gasteiger partial charge in [-0.1, -0.05) is 58.8 Å². The molecule has 0 amide bonds. The van der Waals surface area contributed by atoms with Crippen LogP contribution in [0.25, 0.3) is 0 Å². The van der Waals surface area contributed by atoms with Crippen molar-refractivity contribution in [2.24, 2.45) is 11.8 Å². The van der Waals surface area contributed by atoms with Crippen molar-refractivity contribution in [2.45, 2.75) is 58.8 Å². The van der Waals surface area contributed by atoms with E-state index in [-0.39, 0.29) is 0 Å². The average Bonchev–Trinajstić information content (AvgIpc) is 1.85. The van der Waals surface area contributed by atoms with Crippen molar-refractivity contribution in [3.05, 3.63) is 0 Å². The highest BCUT2D eigenvalue weighted by molar-refractivity contribution is 4.76. The van der Waals surface area contributed by atoms with Gasteiger partial charge in [-0.05, 0) is 11.8 Å². The molecule has 0 heteroatoms. The fourth-order valence-electron chi connectivity index (χ4n) is 2.27. The molecular formula is C11H22. The molecule has 0 bridgehead atoms. The topological polar surface area (TPSA) is 0 Å². The summed E-state index contributed by atoms with van der Waals surface area (Å²) in [5, 5.41) is 0. The molecule has 0 aromatic carbocycles. The van der Waals surface area contributed by atoms with E-state index in [9.17, 15) is 0 Å². The average molecular weight is 154 g/mol. The summed E-state index contributed by atoms with van der Waals surface area (Å²) in [6, 6.07) is 0. The van der Waals surface area contributed by atoms with Crippen molar-refractivity contribution in [1.29, 1.82) is 0 Å². The van der Waals surface area contributed by atoms with Crippen LogP contribution in [0.5, 0.6) is 0 Å². The van der Waals surface area contributed by atoms with E-state index in [0.717, 1.165) is 11.8 Å². The summed E-state index contributed by atoms with van der Waals surface area (Å²) in [4.78, 5) is 0. The molecule has 0 spiro atoms. The van der Waals surface area contributed by atoms with Gasteiger partial charge in [0.05, 0.1) is 0 Å². The molecule has 66 valence electrons. The lowest BCUT2D eigenvalue weighted by Gasteiger charge is -2.33. The molecular weight excluding hydrogens is 132 g/mol. The Morgan fingerprint density at radius 3 is 1.91 bits per heavy atom. The van der Waals surface area contributed by atoms with Crippen molar-refractivity contribution in [3.8, 4) is 0 Å². The fourth-order valence-corrected chi connectivity index (χ4v) is 2.27. The van der Waals surface area contributed by atoms with Gasteiger partial charge in [0, 0.05) is 0 Å². The molecule has 1 rings (SSSR count). The summed E-state index contributed by atoms with van der Waals surface area (Å²) in [5.41, 5.74) is 0. The predicted molar refractivity (Wildman–Crippen MR) is 50.6 cm³/mol. The third-order valence-corrected chi connectivity index (χ3v) is 3.14. The second-order valence-electron chi connectivity index (χ2n) is 4.03. The van der Waals surface area contributed by atoms with Gasteiger partial charge in [-0.25, -0.2) is 0 Å². The van der Waals surface area contributed by atoms with Gasteiger partial charge in [0.2, 0.25) is 0 Å². The van der Waals surface area contributed by atoms with Gasteiger partial charge in [0.1, 0.15) is 0 Å². The third-order valence-electron chi connectivity index (χ3n) is 3.14. The number of hydrogen-bond acceptors (Lipinski definition) is 0. The smallest absolute Gasteiger partial charge is 0.0386 e. The van der Waals surface area contributed by atoms with Crippen LogP contribution in [0.3, 0.4) is 0 Å². The van der Waals surface area contributed by atoms with Gasteiger partial charge in [0.15, 0.2) is 0 Å². The molecule has 0 unspecified atom stereocenters. The Balaban J connectivity index is 2.19. The van der Waals surface area contributed by atoms with Gasteiger partial charge in [-0.2, -0.15) is 0 Å². The molecule has 1 fully saturated rings. The number of hydrogen-bond donors (Lipinski definition) is 0. The summed E-state index contributed by atoms with van der Waals surface area (Å²) in [6.45, 7) is 4.64. The summed E-state index contributed by atoms with van der Waals surface area (Å²) >= 11 is 0. The molecule has 0 aromatic rings. The minimum atomic E-state index is 1.08. The zero-order valence-corrected chi connectivity index (χ0v) is 8.10. The van der Waals surface area contributed by atoms with Gasteiger partial charge in [0.25, 0.3) is 0 Å². The Morgan fingerprint density at radius 1 is 1.09 bits per heavy atom. The second kappa shape index (κ2) is 4.79. The first-order chi connectivity index (χ1) is 5.38. The second-order valence-corrected chi connectivity index (χ2v) is 4.03. The van der Waals surface area contributed by atoms with Crippen molar-refractivity contribution < 1.29 is 0 Å². The summed E-state index contributed by atoms with van der Waals surface area (Å²) in [6.07, 6.45) is 10.3. The first-order valence-corrected chi connectivity index (χ1v) is 5.38. The first-order valence-electron chi connectivity index (χ1n) is 5.38. The first kappa shape index (κ1) is 9.09. The predicted octanol–water partition coefficient (Wildman–Crippen LogP) is 4.00. The molecule has 0 radical (unpaired) electrons. The molecule has 0 aliphatic heterocycles. The van der Waals surface area contributed by atoms with Crippen LogP contribution in [0.1, 0.15) is 58.8 Å². The largest absolute Gasteiger partial charge is 0.0654 e. The molecule has 0 nitrogen and oxygen atoms in total. The monoisotopic (exact) mass is 154 g/mol. The molecule has 1 aliphatic rings. The molecule has 1 saturated carbocycles. The lowest BCUT2D eigenvalue weighted by molar-refractivity contribution is 0.183. The maximum atomic E-state index is 2.32. The van der Waals surface area contributed by atoms with E-state index in [4.69, 9.17) is 0 Å². The zero-order valence-electron chi connectivity index (χ0n) is 8.10. The van der Waals surface area contributed by atoms with Crippen LogP contribution < -0.4 is 0 Å². The van der Waals surface area contributed by atoms with Gasteiger partial charge in [-0.15, -0.1) is 0 Å². The summed E-state index contributed by atoms with van der Waals surface area (Å²) in [5.74, 6) is 2.20. The minimum absolute atomic E-state index is 1.08. The van der Waals surface area contributed by atoms with E-state index in [2.05, 4.69) is 13.8 Å². The molecule has 0 atom stereocenters. The van der Waals surface area contributed by atoms with E-state index < -0.39 is 0 Å². The molecule has 0 heterocycles. The molecule has 0 aromatic heterocycles. The maximum absolute atomic E-state index is 2.32. The third kappa shape index (κ3) is 2.50. The molecule has 0 N–H and O–H groups in total. The highest BCUT2D eigenvalue weighted by Crippen LogP contribution is 2.37. The van der Waals surface area contributed by atoms with Gasteiger partial charge < -0.3 is 0 Å². The highest BCUT2D eigenvalue weighted by atomic mass is 14.3. The molecule has 11 heavy (non-hydrogen) atoms. The van der Waals surface area contributed by atoms with Crippen LogP contribution in [0.15, 0.2) is 0 Å². The SMILES string of the molecule is CCCC(CCC)C1CCC1. The minimum Gasteiger partial charge on any atom is -0.0654 e. The Labute approximate surface area is 71.4 Å². The highest BCUT2D eigenvalue weighted by Gasteiger charge is 2.25. The van der Waals surface area contributed by atoms with Crippen LogP contribution in [0.2, 0.25) is 0 Å². The quantitative estimate of drug-likeness (QED) is 0.561. The fraction of sp³-hybridized carbons (Fsp3) is 1.00.